The molecule has 19 heavy (non-hydrogen) atoms. The van der Waals surface area contributed by atoms with Gasteiger partial charge in [0.2, 0.25) is 0 Å². The van der Waals surface area contributed by atoms with E-state index in [1.165, 1.54) is 6.20 Å². The molecule has 1 aromatic carbocycles. The summed E-state index contributed by atoms with van der Waals surface area (Å²) in [6, 6.07) is 10.1. The van der Waals surface area contributed by atoms with Gasteiger partial charge in [0.1, 0.15) is 6.07 Å². The number of carbonyl (C=O) groups is 1. The number of rotatable bonds is 2. The van der Waals surface area contributed by atoms with E-state index >= 15 is 0 Å². The van der Waals surface area contributed by atoms with Crippen molar-refractivity contribution in [1.29, 1.82) is 5.26 Å². The number of aromatic nitrogens is 1. The molecule has 0 aliphatic heterocycles. The van der Waals surface area contributed by atoms with Gasteiger partial charge >= 0.3 is 0 Å². The smallest absolute Gasteiger partial charge is 0.257 e. The maximum Gasteiger partial charge on any atom is 0.257 e. The molecule has 1 aromatic heterocycles. The third-order valence-electron chi connectivity index (χ3n) is 2.52. The number of halogens is 1. The summed E-state index contributed by atoms with van der Waals surface area (Å²) in [7, 11) is 0. The van der Waals surface area contributed by atoms with Crippen LogP contribution in [0, 0.1) is 18.3 Å². The minimum absolute atomic E-state index is 0.328. The summed E-state index contributed by atoms with van der Waals surface area (Å²) < 4.78 is 0. The molecule has 0 spiro atoms. The molecule has 0 fully saturated rings. The van der Waals surface area contributed by atoms with Crippen LogP contribution in [0.15, 0.2) is 36.5 Å². The van der Waals surface area contributed by atoms with Gasteiger partial charge in [-0.2, -0.15) is 5.26 Å². The van der Waals surface area contributed by atoms with E-state index in [4.69, 9.17) is 16.9 Å². The van der Waals surface area contributed by atoms with Gasteiger partial charge < -0.3 is 5.32 Å². The molecular formula is C14H10ClN3O. The molecule has 1 N–H and O–H groups in total. The predicted molar refractivity (Wildman–Crippen MR) is 73.1 cm³/mol. The lowest BCUT2D eigenvalue weighted by atomic mass is 10.2. The maximum absolute atomic E-state index is 12.0. The van der Waals surface area contributed by atoms with Crippen molar-refractivity contribution in [2.45, 2.75) is 6.92 Å². The Morgan fingerprint density at radius 1 is 1.37 bits per heavy atom. The van der Waals surface area contributed by atoms with E-state index in [1.807, 2.05) is 13.0 Å². The van der Waals surface area contributed by atoms with Crippen LogP contribution in [0.2, 0.25) is 5.02 Å². The Bertz CT molecular complexity index is 659. The third-order valence-corrected chi connectivity index (χ3v) is 2.76. The molecule has 0 saturated carbocycles. The molecule has 1 heterocycles. The summed E-state index contributed by atoms with van der Waals surface area (Å²) in [5, 5.41) is 12.1. The summed E-state index contributed by atoms with van der Waals surface area (Å²) in [6.45, 7) is 1.84. The summed E-state index contributed by atoms with van der Waals surface area (Å²) >= 11 is 5.85. The highest BCUT2D eigenvalue weighted by molar-refractivity contribution is 6.31. The number of hydrogen-bond donors (Lipinski definition) is 1. The molecule has 0 aliphatic rings. The van der Waals surface area contributed by atoms with Crippen molar-refractivity contribution in [3.63, 3.8) is 0 Å². The SMILES string of the molecule is Cc1ccc(C(=O)Nc2cc(Cl)ccc2C#N)cn1. The molecule has 2 rings (SSSR count). The second-order valence-electron chi connectivity index (χ2n) is 3.94. The number of amides is 1. The average molecular weight is 272 g/mol. The van der Waals surface area contributed by atoms with E-state index in [1.54, 1.807) is 30.3 Å². The van der Waals surface area contributed by atoms with E-state index in [0.29, 0.717) is 21.8 Å². The van der Waals surface area contributed by atoms with Crippen molar-refractivity contribution in [1.82, 2.24) is 4.98 Å². The molecule has 2 aromatic rings. The van der Waals surface area contributed by atoms with E-state index in [-0.39, 0.29) is 5.91 Å². The topological polar surface area (TPSA) is 65.8 Å². The number of anilines is 1. The highest BCUT2D eigenvalue weighted by Gasteiger charge is 2.09. The Morgan fingerprint density at radius 2 is 2.16 bits per heavy atom. The zero-order valence-corrected chi connectivity index (χ0v) is 10.9. The van der Waals surface area contributed by atoms with E-state index in [9.17, 15) is 4.79 Å². The Labute approximate surface area is 115 Å². The number of pyridine rings is 1. The van der Waals surface area contributed by atoms with Gasteiger partial charge in [-0.1, -0.05) is 11.6 Å². The monoisotopic (exact) mass is 271 g/mol. The Kier molecular flexibility index (Phi) is 3.79. The molecule has 5 heteroatoms. The van der Waals surface area contributed by atoms with Crippen LogP contribution in [-0.2, 0) is 0 Å². The lowest BCUT2D eigenvalue weighted by Crippen LogP contribution is -2.13. The molecule has 0 unspecified atom stereocenters. The van der Waals surface area contributed by atoms with Crippen molar-refractivity contribution < 1.29 is 4.79 Å². The van der Waals surface area contributed by atoms with Crippen LogP contribution in [0.3, 0.4) is 0 Å². The fourth-order valence-corrected chi connectivity index (χ4v) is 1.69. The lowest BCUT2D eigenvalue weighted by molar-refractivity contribution is 0.102. The van der Waals surface area contributed by atoms with Crippen LogP contribution in [0.1, 0.15) is 21.6 Å². The first-order valence-electron chi connectivity index (χ1n) is 5.54. The van der Waals surface area contributed by atoms with Gasteiger partial charge in [0.25, 0.3) is 5.91 Å². The van der Waals surface area contributed by atoms with Crippen LogP contribution in [-0.4, -0.2) is 10.9 Å². The fourth-order valence-electron chi connectivity index (χ4n) is 1.51. The van der Waals surface area contributed by atoms with Gasteiger partial charge in [0, 0.05) is 16.9 Å². The third kappa shape index (κ3) is 3.09. The van der Waals surface area contributed by atoms with Gasteiger partial charge in [-0.15, -0.1) is 0 Å². The summed E-state index contributed by atoms with van der Waals surface area (Å²) in [5.41, 5.74) is 2.00. The molecular weight excluding hydrogens is 262 g/mol. The van der Waals surface area contributed by atoms with Crippen molar-refractivity contribution in [3.05, 3.63) is 58.4 Å². The van der Waals surface area contributed by atoms with Gasteiger partial charge in [-0.25, -0.2) is 0 Å². The molecule has 0 bridgehead atoms. The molecule has 0 radical (unpaired) electrons. The Hall–Kier alpha value is -2.38. The Balaban J connectivity index is 2.26. The van der Waals surface area contributed by atoms with E-state index in [2.05, 4.69) is 10.3 Å². The van der Waals surface area contributed by atoms with Gasteiger partial charge in [-0.05, 0) is 37.3 Å². The number of benzene rings is 1. The van der Waals surface area contributed by atoms with Crippen LogP contribution >= 0.6 is 11.6 Å². The first-order chi connectivity index (χ1) is 9.10. The van der Waals surface area contributed by atoms with Crippen molar-refractivity contribution in [3.8, 4) is 6.07 Å². The molecule has 0 saturated heterocycles. The largest absolute Gasteiger partial charge is 0.321 e. The van der Waals surface area contributed by atoms with Crippen molar-refractivity contribution in [2.75, 3.05) is 5.32 Å². The molecule has 94 valence electrons. The maximum atomic E-state index is 12.0. The van der Waals surface area contributed by atoms with Crippen LogP contribution in [0.5, 0.6) is 0 Å². The number of aryl methyl sites for hydroxylation is 1. The molecule has 4 nitrogen and oxygen atoms in total. The van der Waals surface area contributed by atoms with Crippen LogP contribution in [0.25, 0.3) is 0 Å². The number of carbonyl (C=O) groups excluding carboxylic acids is 1. The molecule has 1 amide bonds. The number of nitrogens with zero attached hydrogens (tertiary/aromatic N) is 2. The van der Waals surface area contributed by atoms with Crippen LogP contribution < -0.4 is 5.32 Å². The highest BCUT2D eigenvalue weighted by Crippen LogP contribution is 2.21. The van der Waals surface area contributed by atoms with Gasteiger partial charge in [0.15, 0.2) is 0 Å². The highest BCUT2D eigenvalue weighted by atomic mass is 35.5. The zero-order chi connectivity index (χ0) is 13.8. The van der Waals surface area contributed by atoms with E-state index in [0.717, 1.165) is 5.69 Å². The van der Waals surface area contributed by atoms with Crippen molar-refractivity contribution >= 4 is 23.2 Å². The van der Waals surface area contributed by atoms with Gasteiger partial charge in [0.05, 0.1) is 16.8 Å². The quantitative estimate of drug-likeness (QED) is 0.912. The standard InChI is InChI=1S/C14H10ClN3O/c1-9-2-3-11(8-17-9)14(19)18-13-6-12(15)5-4-10(13)7-16/h2-6,8H,1H3,(H,18,19). The molecule has 0 atom stereocenters. The summed E-state index contributed by atoms with van der Waals surface area (Å²) in [5.74, 6) is -0.328. The van der Waals surface area contributed by atoms with Crippen LogP contribution in [0.4, 0.5) is 5.69 Å². The van der Waals surface area contributed by atoms with Gasteiger partial charge in [-0.3, -0.25) is 9.78 Å². The minimum Gasteiger partial charge on any atom is -0.321 e. The Morgan fingerprint density at radius 3 is 2.79 bits per heavy atom. The average Bonchev–Trinajstić information content (AvgIpc) is 2.39. The second kappa shape index (κ2) is 5.51. The number of nitriles is 1. The predicted octanol–water partition coefficient (Wildman–Crippen LogP) is 3.17. The molecule has 0 aliphatic carbocycles. The first kappa shape index (κ1) is 13.1. The normalized spacial score (nSPS) is 9.74. The van der Waals surface area contributed by atoms with Crippen molar-refractivity contribution in [2.24, 2.45) is 0 Å². The number of nitrogens with one attached hydrogen (secondary N) is 1. The number of hydrogen-bond acceptors (Lipinski definition) is 3. The lowest BCUT2D eigenvalue weighted by Gasteiger charge is -2.07. The summed E-state index contributed by atoms with van der Waals surface area (Å²) in [6.07, 6.45) is 1.49. The minimum atomic E-state index is -0.328. The van der Waals surface area contributed by atoms with E-state index < -0.39 is 0 Å². The second-order valence-corrected chi connectivity index (χ2v) is 4.38. The summed E-state index contributed by atoms with van der Waals surface area (Å²) in [4.78, 5) is 16.1. The zero-order valence-electron chi connectivity index (χ0n) is 10.1. The first-order valence-corrected chi connectivity index (χ1v) is 5.91. The fraction of sp³-hybridized carbons (Fsp3) is 0.0714.